The molecule has 2 atom stereocenters. The summed E-state index contributed by atoms with van der Waals surface area (Å²) in [7, 11) is 0. The van der Waals surface area contributed by atoms with E-state index in [-0.39, 0.29) is 82.9 Å². The predicted octanol–water partition coefficient (Wildman–Crippen LogP) is -1.30. The number of carbonyl (C=O) groups excluding carboxylic acids is 2. The van der Waals surface area contributed by atoms with Crippen LogP contribution >= 0.6 is 0 Å². The van der Waals surface area contributed by atoms with Gasteiger partial charge in [0.25, 0.3) is 0 Å². The van der Waals surface area contributed by atoms with Crippen LogP contribution in [0.2, 0.25) is 0 Å². The van der Waals surface area contributed by atoms with E-state index >= 15 is 0 Å². The Labute approximate surface area is 289 Å². The Morgan fingerprint density at radius 2 is 1.52 bits per heavy atom. The van der Waals surface area contributed by atoms with E-state index in [1.165, 1.54) is 0 Å². The minimum Gasteiger partial charge on any atom is -0.550 e. The third kappa shape index (κ3) is 6.11. The molecule has 0 amide bonds. The van der Waals surface area contributed by atoms with Crippen LogP contribution in [-0.2, 0) is 4.79 Å². The standard InChI is InChI=1S/C32H34N4O4.2Na/c1-7-19-15(3)22-11-23-17(5)21(9-10-30(37)38)28(35-23)14-29-31(32(39)40)18(6)25(36-29)13-27-20(8-2)16(4)24(34-27)12-26(19)33-22;;/h7,11-14,17,21,33,36H,1,8-10H2,2-6H3,(H,37,38)(H,39,40);;/q;2*+1/p-2/t17-,21-;;/m0../s1. The topological polar surface area (TPSA) is 138 Å². The molecule has 0 unspecified atom stereocenters. The van der Waals surface area contributed by atoms with E-state index in [0.29, 0.717) is 28.7 Å². The van der Waals surface area contributed by atoms with E-state index < -0.39 is 11.9 Å². The van der Waals surface area contributed by atoms with Gasteiger partial charge >= 0.3 is 59.1 Å². The van der Waals surface area contributed by atoms with Crippen LogP contribution in [0.5, 0.6) is 0 Å². The molecule has 5 heterocycles. The number of aromatic amines is 2. The number of carboxylic acids is 2. The van der Waals surface area contributed by atoms with E-state index in [2.05, 4.69) is 23.5 Å². The Balaban J connectivity index is 0.00000242. The first kappa shape index (κ1) is 34.0. The first-order chi connectivity index (χ1) is 19.0. The number of fused-ring (bicyclic) bond motifs is 8. The fourth-order valence-corrected chi connectivity index (χ4v) is 6.00. The van der Waals surface area contributed by atoms with Crippen molar-refractivity contribution in [2.45, 2.75) is 65.7 Å². The molecule has 0 saturated carbocycles. The van der Waals surface area contributed by atoms with E-state index in [1.807, 2.05) is 45.0 Å². The second-order valence-electron chi connectivity index (χ2n) is 10.6. The Morgan fingerprint density at radius 3 is 2.14 bits per heavy atom. The maximum Gasteiger partial charge on any atom is 1.00 e. The fraction of sp³-hybridized carbons (Fsp3) is 0.312. The SMILES string of the molecule is C=Cc1c(C)c2cc3nc(cc4[nH]c(cc5nc(cc1[nH]2)C(C)=C5CC)c(C)c4C(=O)[O-])[C@@H](CCC(=O)[O-])[C@@H]3C.[Na+].[Na+]. The molecule has 5 rings (SSSR count). The molecule has 0 saturated heterocycles. The molecule has 2 aliphatic heterocycles. The predicted molar refractivity (Wildman–Crippen MR) is 153 cm³/mol. The van der Waals surface area contributed by atoms with E-state index in [1.54, 1.807) is 13.0 Å². The van der Waals surface area contributed by atoms with Gasteiger partial charge in [0.1, 0.15) is 0 Å². The van der Waals surface area contributed by atoms with Crippen molar-refractivity contribution < 1.29 is 78.9 Å². The van der Waals surface area contributed by atoms with Crippen LogP contribution in [0.15, 0.2) is 30.8 Å². The summed E-state index contributed by atoms with van der Waals surface area (Å²) < 4.78 is 0. The molecule has 206 valence electrons. The van der Waals surface area contributed by atoms with Crippen LogP contribution in [0.3, 0.4) is 0 Å². The first-order valence-electron chi connectivity index (χ1n) is 13.5. The Hall–Kier alpha value is -2.46. The van der Waals surface area contributed by atoms with Gasteiger partial charge in [-0.1, -0.05) is 26.5 Å². The zero-order valence-electron chi connectivity index (χ0n) is 25.4. The van der Waals surface area contributed by atoms with Crippen LogP contribution in [0.25, 0.3) is 39.3 Å². The summed E-state index contributed by atoms with van der Waals surface area (Å²) >= 11 is 0. The molecule has 42 heavy (non-hydrogen) atoms. The molecule has 2 aliphatic rings. The quantitative estimate of drug-likeness (QED) is 0.347. The molecule has 0 radical (unpaired) electrons. The van der Waals surface area contributed by atoms with Crippen molar-refractivity contribution in [1.29, 1.82) is 0 Å². The minimum atomic E-state index is -1.30. The van der Waals surface area contributed by atoms with Crippen molar-refractivity contribution in [2.75, 3.05) is 0 Å². The van der Waals surface area contributed by atoms with Gasteiger partial charge in [-0.25, -0.2) is 4.98 Å². The number of hydrogen-bond acceptors (Lipinski definition) is 6. The number of allylic oxidation sites excluding steroid dienone is 2. The zero-order chi connectivity index (χ0) is 28.9. The Kier molecular flexibility index (Phi) is 10.9. The van der Waals surface area contributed by atoms with Gasteiger partial charge in [0.2, 0.25) is 0 Å². The number of aromatic nitrogens is 4. The summed E-state index contributed by atoms with van der Waals surface area (Å²) in [6.07, 6.45) is 2.77. The Bertz CT molecular complexity index is 1780. The second kappa shape index (κ2) is 13.5. The number of rotatable bonds is 6. The van der Waals surface area contributed by atoms with Crippen molar-refractivity contribution in [3.05, 3.63) is 75.9 Å². The number of aromatic carboxylic acids is 1. The average Bonchev–Trinajstić information content (AvgIpc) is 3.55. The first-order valence-corrected chi connectivity index (χ1v) is 13.5. The van der Waals surface area contributed by atoms with Crippen molar-refractivity contribution in [2.24, 2.45) is 0 Å². The van der Waals surface area contributed by atoms with E-state index in [0.717, 1.165) is 56.8 Å². The van der Waals surface area contributed by atoms with Crippen molar-refractivity contribution >= 4 is 51.2 Å². The average molecular weight is 583 g/mol. The Morgan fingerprint density at radius 1 is 0.905 bits per heavy atom. The molecule has 8 bridgehead atoms. The molecule has 3 aromatic heterocycles. The molecule has 8 nitrogen and oxygen atoms in total. The van der Waals surface area contributed by atoms with Crippen LogP contribution in [-0.4, -0.2) is 31.9 Å². The number of carbonyl (C=O) groups is 2. The van der Waals surface area contributed by atoms with Crippen LogP contribution in [0.4, 0.5) is 0 Å². The minimum absolute atomic E-state index is 0. The number of carboxylic acid groups (broad SMARTS) is 2. The molecule has 0 aromatic carbocycles. The van der Waals surface area contributed by atoms with Crippen molar-refractivity contribution in [3.63, 3.8) is 0 Å². The van der Waals surface area contributed by atoms with Crippen LogP contribution in [0.1, 0.15) is 102 Å². The second-order valence-corrected chi connectivity index (χ2v) is 10.6. The fourth-order valence-electron chi connectivity index (χ4n) is 6.00. The summed E-state index contributed by atoms with van der Waals surface area (Å²) in [5.41, 5.74) is 10.4. The van der Waals surface area contributed by atoms with Gasteiger partial charge in [-0.05, 0) is 86.6 Å². The van der Waals surface area contributed by atoms with Gasteiger partial charge in [0.05, 0.1) is 17.4 Å². The van der Waals surface area contributed by atoms with Crippen LogP contribution < -0.4 is 69.3 Å². The normalized spacial score (nSPS) is 16.0. The van der Waals surface area contributed by atoms with Gasteiger partial charge in [0, 0.05) is 62.4 Å². The molecular formula is C32H32N4Na2O4. The van der Waals surface area contributed by atoms with Crippen molar-refractivity contribution in [1.82, 2.24) is 19.9 Å². The summed E-state index contributed by atoms with van der Waals surface area (Å²) in [6.45, 7) is 13.9. The number of aliphatic carboxylic acids is 1. The molecule has 3 aromatic rings. The zero-order valence-corrected chi connectivity index (χ0v) is 29.4. The van der Waals surface area contributed by atoms with Gasteiger partial charge in [0.15, 0.2) is 0 Å². The monoisotopic (exact) mass is 582 g/mol. The largest absolute Gasteiger partial charge is 1.00 e. The van der Waals surface area contributed by atoms with E-state index in [4.69, 9.17) is 9.97 Å². The molecule has 2 N–H and O–H groups in total. The van der Waals surface area contributed by atoms with Crippen molar-refractivity contribution in [3.8, 4) is 0 Å². The number of H-pyrrole nitrogens is 2. The summed E-state index contributed by atoms with van der Waals surface area (Å²) in [5.74, 6) is -2.78. The van der Waals surface area contributed by atoms with Gasteiger partial charge in [-0.3, -0.25) is 4.98 Å². The molecule has 0 aliphatic carbocycles. The third-order valence-electron chi connectivity index (χ3n) is 8.35. The number of nitrogens with zero attached hydrogens (tertiary/aromatic N) is 2. The number of nitrogens with one attached hydrogen (secondary N) is 2. The maximum absolute atomic E-state index is 12.3. The van der Waals surface area contributed by atoms with Crippen LogP contribution in [0, 0.1) is 13.8 Å². The molecular weight excluding hydrogens is 550 g/mol. The summed E-state index contributed by atoms with van der Waals surface area (Å²) in [5, 5.41) is 23.6. The molecule has 0 fully saturated rings. The number of aryl methyl sites for hydroxylation is 2. The summed E-state index contributed by atoms with van der Waals surface area (Å²) in [4.78, 5) is 40.3. The van der Waals surface area contributed by atoms with E-state index in [9.17, 15) is 19.8 Å². The van der Waals surface area contributed by atoms with Gasteiger partial charge in [-0.2, -0.15) is 0 Å². The van der Waals surface area contributed by atoms with Gasteiger partial charge in [-0.15, -0.1) is 0 Å². The summed E-state index contributed by atoms with van der Waals surface area (Å²) in [6, 6.07) is 7.60. The number of hydrogen-bond donors (Lipinski definition) is 2. The third-order valence-corrected chi connectivity index (χ3v) is 8.35. The van der Waals surface area contributed by atoms with Gasteiger partial charge < -0.3 is 29.8 Å². The smallest absolute Gasteiger partial charge is 0.550 e. The maximum atomic E-state index is 12.3. The molecule has 0 spiro atoms. The molecule has 10 heteroatoms.